The topological polar surface area (TPSA) is 84.9 Å². The summed E-state index contributed by atoms with van der Waals surface area (Å²) in [4.78, 5) is 17.7. The smallest absolute Gasteiger partial charge is 0.325 e. The molecule has 0 spiro atoms. The van der Waals surface area contributed by atoms with E-state index < -0.39 is 7.59 Å². The van der Waals surface area contributed by atoms with Crippen molar-refractivity contribution in [2.24, 2.45) is 5.92 Å². The molecule has 9 heteroatoms. The van der Waals surface area contributed by atoms with Crippen molar-refractivity contribution in [1.82, 2.24) is 19.7 Å². The molecule has 0 aromatic carbocycles. The summed E-state index contributed by atoms with van der Waals surface area (Å²) in [6.45, 7) is 17.7. The van der Waals surface area contributed by atoms with Crippen LogP contribution in [0.1, 0.15) is 81.1 Å². The van der Waals surface area contributed by atoms with Gasteiger partial charge in [0.25, 0.3) is 0 Å². The molecule has 3 rings (SSSR count). The van der Waals surface area contributed by atoms with E-state index in [-0.39, 0.29) is 34.5 Å². The van der Waals surface area contributed by atoms with E-state index >= 15 is 0 Å². The van der Waals surface area contributed by atoms with Crippen molar-refractivity contribution in [3.8, 4) is 0 Å². The third-order valence-electron chi connectivity index (χ3n) is 6.68. The SMILES string of the molecule is CC1(C)CC(CCC(=O)ONP(=O)(N2CC2(C)C)N2CC2(C)C)CC(C)(C)N1O. The summed E-state index contributed by atoms with van der Waals surface area (Å²) in [6.07, 6.45) is 2.59. The van der Waals surface area contributed by atoms with Crippen molar-refractivity contribution in [2.75, 3.05) is 13.1 Å². The fraction of sp³-hybridized carbons (Fsp3) is 0.950. The lowest BCUT2D eigenvalue weighted by molar-refractivity contribution is -0.251. The molecule has 0 amide bonds. The highest BCUT2D eigenvalue weighted by atomic mass is 31.2. The second kappa shape index (κ2) is 7.01. The van der Waals surface area contributed by atoms with E-state index in [1.165, 1.54) is 5.06 Å². The minimum Gasteiger partial charge on any atom is -0.362 e. The maximum atomic E-state index is 13.6. The largest absolute Gasteiger partial charge is 0.362 e. The van der Waals surface area contributed by atoms with Gasteiger partial charge in [0.1, 0.15) is 0 Å². The molecule has 8 nitrogen and oxygen atoms in total. The quantitative estimate of drug-likeness (QED) is 0.359. The van der Waals surface area contributed by atoms with Crippen LogP contribution in [-0.4, -0.2) is 60.8 Å². The molecule has 3 aliphatic heterocycles. The molecule has 0 radical (unpaired) electrons. The molecule has 0 aliphatic carbocycles. The number of piperidine rings is 1. The molecule has 168 valence electrons. The summed E-state index contributed by atoms with van der Waals surface area (Å²) in [5.41, 5.74) is -0.966. The first-order valence-corrected chi connectivity index (χ1v) is 12.3. The van der Waals surface area contributed by atoms with Gasteiger partial charge < -0.3 is 10.0 Å². The lowest BCUT2D eigenvalue weighted by Gasteiger charge is -2.51. The Labute approximate surface area is 175 Å². The van der Waals surface area contributed by atoms with Crippen LogP contribution >= 0.6 is 7.59 Å². The van der Waals surface area contributed by atoms with E-state index in [4.69, 9.17) is 4.84 Å². The molecule has 0 saturated carbocycles. The Hall–Kier alpha value is -0.500. The summed E-state index contributed by atoms with van der Waals surface area (Å²) >= 11 is 0. The van der Waals surface area contributed by atoms with E-state index in [2.05, 4.69) is 5.25 Å². The molecule has 3 fully saturated rings. The highest BCUT2D eigenvalue weighted by molar-refractivity contribution is 7.57. The van der Waals surface area contributed by atoms with Crippen LogP contribution in [0.2, 0.25) is 0 Å². The number of carbonyl (C=O) groups excluding carboxylic acids is 1. The lowest BCUT2D eigenvalue weighted by Crippen LogP contribution is -2.58. The van der Waals surface area contributed by atoms with E-state index in [1.807, 2.05) is 64.7 Å². The number of nitrogens with zero attached hydrogens (tertiary/aromatic N) is 3. The van der Waals surface area contributed by atoms with Crippen molar-refractivity contribution >= 4 is 13.6 Å². The van der Waals surface area contributed by atoms with Gasteiger partial charge in [-0.2, -0.15) is 5.06 Å². The summed E-state index contributed by atoms with van der Waals surface area (Å²) < 4.78 is 17.4. The number of nitrogens with one attached hydrogen (secondary N) is 1. The third-order valence-corrected chi connectivity index (χ3v) is 9.68. The Morgan fingerprint density at radius 1 is 0.966 bits per heavy atom. The molecule has 0 bridgehead atoms. The van der Waals surface area contributed by atoms with Gasteiger partial charge in [0.05, 0.1) is 0 Å². The van der Waals surface area contributed by atoms with Gasteiger partial charge in [-0.3, -0.25) is 9.36 Å². The normalized spacial score (nSPS) is 34.2. The minimum absolute atomic E-state index is 0.150. The predicted molar refractivity (Wildman–Crippen MR) is 112 cm³/mol. The highest BCUT2D eigenvalue weighted by Gasteiger charge is 2.65. The van der Waals surface area contributed by atoms with E-state index in [1.54, 1.807) is 0 Å². The fourth-order valence-corrected chi connectivity index (χ4v) is 8.20. The summed E-state index contributed by atoms with van der Waals surface area (Å²) in [5, 5.41) is 14.5. The summed E-state index contributed by atoms with van der Waals surface area (Å²) in [7, 11) is -3.11. The van der Waals surface area contributed by atoms with Crippen molar-refractivity contribution in [3.05, 3.63) is 0 Å². The fourth-order valence-electron chi connectivity index (χ4n) is 4.98. The molecule has 2 atom stereocenters. The van der Waals surface area contributed by atoms with Gasteiger partial charge in [-0.25, -0.2) is 9.34 Å². The average molecular weight is 431 g/mol. The van der Waals surface area contributed by atoms with E-state index in [0.29, 0.717) is 25.4 Å². The Balaban J connectivity index is 1.54. The number of rotatable bonds is 7. The zero-order valence-electron chi connectivity index (χ0n) is 19.3. The molecular weight excluding hydrogens is 391 g/mol. The van der Waals surface area contributed by atoms with Crippen LogP contribution in [0.25, 0.3) is 0 Å². The number of hydrogen-bond acceptors (Lipinski definition) is 5. The molecule has 0 aromatic heterocycles. The molecule has 3 aliphatic rings. The second-order valence-electron chi connectivity index (χ2n) is 11.6. The highest BCUT2D eigenvalue weighted by Crippen LogP contribution is 2.67. The Bertz CT molecular complexity index is 677. The number of carbonyl (C=O) groups is 1. The van der Waals surface area contributed by atoms with Crippen molar-refractivity contribution in [2.45, 2.75) is 103 Å². The van der Waals surface area contributed by atoms with Crippen LogP contribution in [0.3, 0.4) is 0 Å². The van der Waals surface area contributed by atoms with Crippen molar-refractivity contribution in [1.29, 1.82) is 0 Å². The standard InChI is InChI=1S/C20H39N4O4P/c1-17(2)11-15(12-18(3,4)24(17)26)9-10-16(25)28-21-29(27,22-13-19(22,5)6)23-14-20(23,7)8/h15,26H,9-14H2,1-8H3,(H,21,27). The first-order chi connectivity index (χ1) is 13.0. The summed E-state index contributed by atoms with van der Waals surface area (Å²) in [6, 6.07) is 0. The lowest BCUT2D eigenvalue weighted by atomic mass is 9.74. The molecule has 2 unspecified atom stereocenters. The second-order valence-corrected chi connectivity index (χ2v) is 13.8. The third kappa shape index (κ3) is 4.58. The number of hydroxylamine groups is 2. The first kappa shape index (κ1) is 23.2. The Kier molecular flexibility index (Phi) is 5.60. The molecular formula is C20H39N4O4P. The van der Waals surface area contributed by atoms with Gasteiger partial charge >= 0.3 is 13.6 Å². The van der Waals surface area contributed by atoms with Gasteiger partial charge in [0, 0.05) is 41.7 Å². The van der Waals surface area contributed by atoms with Crippen LogP contribution < -0.4 is 5.25 Å². The molecule has 3 saturated heterocycles. The molecule has 0 aromatic rings. The van der Waals surface area contributed by atoms with Crippen molar-refractivity contribution < 1.29 is 19.4 Å². The predicted octanol–water partition coefficient (Wildman–Crippen LogP) is 3.77. The monoisotopic (exact) mass is 430 g/mol. The van der Waals surface area contributed by atoms with Gasteiger partial charge in [-0.15, -0.1) is 0 Å². The van der Waals surface area contributed by atoms with Gasteiger partial charge in [0.2, 0.25) is 0 Å². The molecule has 29 heavy (non-hydrogen) atoms. The number of hydrogen-bond donors (Lipinski definition) is 2. The van der Waals surface area contributed by atoms with E-state index in [9.17, 15) is 14.6 Å². The zero-order chi connectivity index (χ0) is 22.0. The minimum atomic E-state index is -3.11. The maximum Gasteiger partial charge on any atom is 0.325 e. The van der Waals surface area contributed by atoms with Gasteiger partial charge in [-0.05, 0) is 80.6 Å². The zero-order valence-corrected chi connectivity index (χ0v) is 20.2. The molecule has 3 heterocycles. The average Bonchev–Trinajstić information content (AvgIpc) is 3.42. The maximum absolute atomic E-state index is 13.6. The Morgan fingerprint density at radius 2 is 1.38 bits per heavy atom. The van der Waals surface area contributed by atoms with E-state index in [0.717, 1.165) is 12.8 Å². The van der Waals surface area contributed by atoms with Crippen molar-refractivity contribution in [3.63, 3.8) is 0 Å². The summed E-state index contributed by atoms with van der Waals surface area (Å²) in [5.74, 6) is -0.0634. The Morgan fingerprint density at radius 3 is 1.76 bits per heavy atom. The van der Waals surface area contributed by atoms with Crippen LogP contribution in [-0.2, 0) is 14.2 Å². The van der Waals surface area contributed by atoms with Gasteiger partial charge in [0.15, 0.2) is 0 Å². The molecule has 2 N–H and O–H groups in total. The van der Waals surface area contributed by atoms with Crippen LogP contribution in [0, 0.1) is 5.92 Å². The van der Waals surface area contributed by atoms with Crippen LogP contribution in [0.5, 0.6) is 0 Å². The first-order valence-electron chi connectivity index (χ1n) is 10.6. The van der Waals surface area contributed by atoms with Gasteiger partial charge in [-0.1, -0.05) is 5.25 Å². The van der Waals surface area contributed by atoms with Crippen LogP contribution in [0.15, 0.2) is 0 Å². The van der Waals surface area contributed by atoms with Crippen LogP contribution in [0.4, 0.5) is 0 Å².